The second kappa shape index (κ2) is 4.36. The molecule has 2 aliphatic rings. The summed E-state index contributed by atoms with van der Waals surface area (Å²) in [5.41, 5.74) is 0.827. The monoisotopic (exact) mass is 263 g/mol. The van der Waals surface area contributed by atoms with Gasteiger partial charge in [-0.1, -0.05) is 0 Å². The molecule has 0 aromatic carbocycles. The van der Waals surface area contributed by atoms with E-state index in [2.05, 4.69) is 4.98 Å². The highest BCUT2D eigenvalue weighted by Gasteiger charge is 2.42. The van der Waals surface area contributed by atoms with Crippen molar-refractivity contribution >= 4 is 11.8 Å². The molecular weight excluding hydrogens is 246 g/mol. The number of carbonyl (C=O) groups excluding carboxylic acids is 2. The van der Waals surface area contributed by atoms with Crippen LogP contribution in [0, 0.1) is 13.8 Å². The number of aryl methyl sites for hydroxylation is 2. The predicted octanol–water partition coefficient (Wildman–Crippen LogP) is 0.625. The molecule has 1 atom stereocenters. The lowest BCUT2D eigenvalue weighted by Crippen LogP contribution is -2.56. The molecule has 0 aliphatic carbocycles. The number of carbonyl (C=O) groups is 2. The highest BCUT2D eigenvalue weighted by molar-refractivity contribution is 5.95. The van der Waals surface area contributed by atoms with E-state index in [0.717, 1.165) is 24.3 Å². The van der Waals surface area contributed by atoms with E-state index in [9.17, 15) is 9.59 Å². The molecule has 0 spiro atoms. The zero-order chi connectivity index (χ0) is 13.6. The Morgan fingerprint density at radius 1 is 1.37 bits per heavy atom. The van der Waals surface area contributed by atoms with Crippen LogP contribution in [0.3, 0.4) is 0 Å². The largest absolute Gasteiger partial charge is 0.444 e. The first kappa shape index (κ1) is 12.2. The summed E-state index contributed by atoms with van der Waals surface area (Å²) >= 11 is 0. The lowest BCUT2D eigenvalue weighted by Gasteiger charge is -2.35. The molecule has 0 saturated carbocycles. The summed E-state index contributed by atoms with van der Waals surface area (Å²) < 4.78 is 5.48. The van der Waals surface area contributed by atoms with Crippen molar-refractivity contribution in [2.75, 3.05) is 13.1 Å². The summed E-state index contributed by atoms with van der Waals surface area (Å²) in [4.78, 5) is 31.8. The van der Waals surface area contributed by atoms with Crippen molar-refractivity contribution in [1.29, 1.82) is 0 Å². The van der Waals surface area contributed by atoms with Crippen LogP contribution in [0.25, 0.3) is 0 Å². The molecular formula is C13H17N3O3. The lowest BCUT2D eigenvalue weighted by atomic mass is 10.1. The quantitative estimate of drug-likeness (QED) is 0.784. The molecule has 2 saturated heterocycles. The van der Waals surface area contributed by atoms with Gasteiger partial charge in [-0.3, -0.25) is 9.59 Å². The van der Waals surface area contributed by atoms with Crippen molar-refractivity contribution in [3.05, 3.63) is 17.3 Å². The van der Waals surface area contributed by atoms with Crippen LogP contribution in [0.15, 0.2) is 4.42 Å². The normalized spacial score (nSPS) is 23.2. The fourth-order valence-electron chi connectivity index (χ4n) is 2.77. The minimum absolute atomic E-state index is 0.0191. The van der Waals surface area contributed by atoms with E-state index in [1.807, 2.05) is 13.8 Å². The Bertz CT molecular complexity index is 518. The molecule has 0 N–H and O–H groups in total. The summed E-state index contributed by atoms with van der Waals surface area (Å²) in [6, 6.07) is -0.265. The Hall–Kier alpha value is -1.85. The van der Waals surface area contributed by atoms with E-state index in [1.165, 1.54) is 0 Å². The van der Waals surface area contributed by atoms with E-state index < -0.39 is 0 Å². The molecule has 2 aliphatic heterocycles. The average molecular weight is 263 g/mol. The van der Waals surface area contributed by atoms with E-state index in [0.29, 0.717) is 12.4 Å². The maximum absolute atomic E-state index is 12.3. The molecule has 0 bridgehead atoms. The molecule has 3 heterocycles. The number of aromatic nitrogens is 1. The molecule has 2 fully saturated rings. The summed E-state index contributed by atoms with van der Waals surface area (Å²) in [6.07, 6.45) is 1.68. The topological polar surface area (TPSA) is 66.7 Å². The molecule has 6 nitrogen and oxygen atoms in total. The van der Waals surface area contributed by atoms with Crippen molar-refractivity contribution in [2.45, 2.75) is 39.3 Å². The van der Waals surface area contributed by atoms with Gasteiger partial charge in [0.1, 0.15) is 18.3 Å². The van der Waals surface area contributed by atoms with Crippen LogP contribution in [-0.4, -0.2) is 45.7 Å². The average Bonchev–Trinajstić information content (AvgIpc) is 2.95. The van der Waals surface area contributed by atoms with Crippen LogP contribution in [0.1, 0.15) is 30.2 Å². The smallest absolute Gasteiger partial charge is 0.246 e. The Morgan fingerprint density at radius 2 is 2.16 bits per heavy atom. The number of rotatable bonds is 2. The first-order valence-electron chi connectivity index (χ1n) is 6.57. The zero-order valence-electron chi connectivity index (χ0n) is 11.2. The fraction of sp³-hybridized carbons (Fsp3) is 0.615. The predicted molar refractivity (Wildman–Crippen MR) is 66.1 cm³/mol. The summed E-state index contributed by atoms with van der Waals surface area (Å²) in [5.74, 6) is 1.31. The minimum Gasteiger partial charge on any atom is -0.444 e. The summed E-state index contributed by atoms with van der Waals surface area (Å²) in [6.45, 7) is 4.83. The first-order valence-corrected chi connectivity index (χ1v) is 6.57. The van der Waals surface area contributed by atoms with Gasteiger partial charge in [-0.25, -0.2) is 4.98 Å². The van der Waals surface area contributed by atoms with Gasteiger partial charge in [-0.15, -0.1) is 0 Å². The van der Waals surface area contributed by atoms with Crippen LogP contribution < -0.4 is 0 Å². The molecule has 2 amide bonds. The number of hydrogen-bond acceptors (Lipinski definition) is 4. The van der Waals surface area contributed by atoms with Gasteiger partial charge in [-0.2, -0.15) is 0 Å². The van der Waals surface area contributed by atoms with Crippen molar-refractivity contribution < 1.29 is 14.0 Å². The SMILES string of the molecule is Cc1nc(CN2CC(=O)N3CCCC3C2=O)oc1C. The Labute approximate surface area is 111 Å². The van der Waals surface area contributed by atoms with Gasteiger partial charge < -0.3 is 14.2 Å². The maximum Gasteiger partial charge on any atom is 0.246 e. The standard InChI is InChI=1S/C13H17N3O3/c1-8-9(2)19-11(14-8)6-15-7-12(17)16-5-3-4-10(16)13(15)18/h10H,3-7H2,1-2H3. The third-order valence-electron chi connectivity index (χ3n) is 3.89. The van der Waals surface area contributed by atoms with E-state index >= 15 is 0 Å². The zero-order valence-corrected chi connectivity index (χ0v) is 11.2. The van der Waals surface area contributed by atoms with Gasteiger partial charge >= 0.3 is 0 Å². The van der Waals surface area contributed by atoms with Gasteiger partial charge in [0.2, 0.25) is 17.7 Å². The number of fused-ring (bicyclic) bond motifs is 1. The van der Waals surface area contributed by atoms with Crippen molar-refractivity contribution in [3.8, 4) is 0 Å². The van der Waals surface area contributed by atoms with Crippen molar-refractivity contribution in [1.82, 2.24) is 14.8 Å². The first-order chi connectivity index (χ1) is 9.06. The molecule has 6 heteroatoms. The van der Waals surface area contributed by atoms with Crippen LogP contribution in [0.4, 0.5) is 0 Å². The van der Waals surface area contributed by atoms with E-state index in [4.69, 9.17) is 4.42 Å². The Kier molecular flexibility index (Phi) is 2.80. The fourth-order valence-corrected chi connectivity index (χ4v) is 2.77. The Balaban J connectivity index is 1.77. The number of piperazine rings is 1. The van der Waals surface area contributed by atoms with Gasteiger partial charge in [0.05, 0.1) is 12.2 Å². The number of oxazole rings is 1. The van der Waals surface area contributed by atoms with Gasteiger partial charge in [0, 0.05) is 6.54 Å². The molecule has 102 valence electrons. The number of nitrogens with zero attached hydrogens (tertiary/aromatic N) is 3. The maximum atomic E-state index is 12.3. The molecule has 3 rings (SSSR count). The van der Waals surface area contributed by atoms with Crippen LogP contribution >= 0.6 is 0 Å². The van der Waals surface area contributed by atoms with Crippen molar-refractivity contribution in [3.63, 3.8) is 0 Å². The number of hydrogen-bond donors (Lipinski definition) is 0. The minimum atomic E-state index is -0.265. The lowest BCUT2D eigenvalue weighted by molar-refractivity contribution is -0.154. The second-order valence-corrected chi connectivity index (χ2v) is 5.19. The third kappa shape index (κ3) is 2.01. The summed E-state index contributed by atoms with van der Waals surface area (Å²) in [5, 5.41) is 0. The Morgan fingerprint density at radius 3 is 2.84 bits per heavy atom. The van der Waals surface area contributed by atoms with Crippen LogP contribution in [-0.2, 0) is 16.1 Å². The van der Waals surface area contributed by atoms with Crippen LogP contribution in [0.2, 0.25) is 0 Å². The summed E-state index contributed by atoms with van der Waals surface area (Å²) in [7, 11) is 0. The van der Waals surface area contributed by atoms with Crippen molar-refractivity contribution in [2.24, 2.45) is 0 Å². The molecule has 1 aromatic heterocycles. The van der Waals surface area contributed by atoms with Crippen LogP contribution in [0.5, 0.6) is 0 Å². The second-order valence-electron chi connectivity index (χ2n) is 5.19. The highest BCUT2D eigenvalue weighted by atomic mass is 16.4. The highest BCUT2D eigenvalue weighted by Crippen LogP contribution is 2.24. The van der Waals surface area contributed by atoms with Gasteiger partial charge in [-0.05, 0) is 26.7 Å². The molecule has 1 aromatic rings. The van der Waals surface area contributed by atoms with Gasteiger partial charge in [0.15, 0.2) is 0 Å². The molecule has 0 radical (unpaired) electrons. The van der Waals surface area contributed by atoms with E-state index in [1.54, 1.807) is 9.80 Å². The van der Waals surface area contributed by atoms with E-state index in [-0.39, 0.29) is 30.9 Å². The molecule has 1 unspecified atom stereocenters. The molecule has 19 heavy (non-hydrogen) atoms. The number of amides is 2. The third-order valence-corrected chi connectivity index (χ3v) is 3.89. The van der Waals surface area contributed by atoms with Gasteiger partial charge in [0.25, 0.3) is 0 Å².